The maximum atomic E-state index is 13.2. The molecule has 2 aromatic carbocycles. The van der Waals surface area contributed by atoms with Crippen molar-refractivity contribution in [3.8, 4) is 11.1 Å². The number of likely N-dealkylation sites (tertiary alicyclic amines) is 1. The van der Waals surface area contributed by atoms with Crippen LogP contribution in [0.4, 0.5) is 4.79 Å². The van der Waals surface area contributed by atoms with Crippen molar-refractivity contribution in [2.75, 3.05) is 19.7 Å². The second-order valence-corrected chi connectivity index (χ2v) is 9.76. The molecule has 0 radical (unpaired) electrons. The molecule has 170 valence electrons. The highest BCUT2D eigenvalue weighted by Gasteiger charge is 2.60. The molecule has 3 aliphatic carbocycles. The van der Waals surface area contributed by atoms with Crippen molar-refractivity contribution in [3.63, 3.8) is 0 Å². The lowest BCUT2D eigenvalue weighted by atomic mass is 9.98. The van der Waals surface area contributed by atoms with E-state index in [-0.39, 0.29) is 36.2 Å². The van der Waals surface area contributed by atoms with Crippen LogP contribution in [0.1, 0.15) is 36.3 Å². The van der Waals surface area contributed by atoms with Crippen LogP contribution in [-0.2, 0) is 14.3 Å². The van der Waals surface area contributed by atoms with Crippen LogP contribution in [0.3, 0.4) is 0 Å². The molecule has 2 saturated carbocycles. The van der Waals surface area contributed by atoms with E-state index in [1.54, 1.807) is 4.90 Å². The minimum atomic E-state index is -0.900. The van der Waals surface area contributed by atoms with Crippen LogP contribution in [-0.4, -0.2) is 53.2 Å². The van der Waals surface area contributed by atoms with Gasteiger partial charge in [0.15, 0.2) is 0 Å². The molecule has 4 aliphatic rings. The molecule has 3 unspecified atom stereocenters. The van der Waals surface area contributed by atoms with Gasteiger partial charge in [0.05, 0.1) is 5.92 Å². The van der Waals surface area contributed by atoms with E-state index in [2.05, 4.69) is 29.6 Å². The van der Waals surface area contributed by atoms with Gasteiger partial charge in [-0.15, -0.1) is 0 Å². The molecule has 0 aromatic heterocycles. The number of nitrogens with zero attached hydrogens (tertiary/aromatic N) is 1. The van der Waals surface area contributed by atoms with Crippen molar-refractivity contribution in [2.45, 2.75) is 30.7 Å². The summed E-state index contributed by atoms with van der Waals surface area (Å²) in [6.07, 6.45) is 1.31. The molecule has 0 spiro atoms. The summed E-state index contributed by atoms with van der Waals surface area (Å²) in [5.41, 5.74) is 3.72. The van der Waals surface area contributed by atoms with Gasteiger partial charge in [0.2, 0.25) is 5.91 Å². The van der Waals surface area contributed by atoms with Crippen molar-refractivity contribution >= 4 is 18.0 Å². The highest BCUT2D eigenvalue weighted by Crippen LogP contribution is 2.52. The maximum absolute atomic E-state index is 13.2. The molecule has 3 atom stereocenters. The molecular weight excluding hydrogens is 420 g/mol. The van der Waals surface area contributed by atoms with E-state index in [1.165, 1.54) is 11.1 Å². The lowest BCUT2D eigenvalue weighted by Crippen LogP contribution is -2.52. The Kier molecular flexibility index (Phi) is 4.50. The van der Waals surface area contributed by atoms with Gasteiger partial charge in [0, 0.05) is 19.0 Å². The van der Waals surface area contributed by atoms with Crippen LogP contribution in [0.15, 0.2) is 48.5 Å². The second kappa shape index (κ2) is 7.33. The van der Waals surface area contributed by atoms with Gasteiger partial charge in [-0.25, -0.2) is 4.79 Å². The Bertz CT molecular complexity index is 1110. The summed E-state index contributed by atoms with van der Waals surface area (Å²) in [6, 6.07) is 16.3. The molecular formula is C26H26N2O5. The van der Waals surface area contributed by atoms with Crippen molar-refractivity contribution in [1.82, 2.24) is 10.2 Å². The number of carboxylic acid groups (broad SMARTS) is 1. The molecule has 2 aromatic rings. The fraction of sp³-hybridized carbons (Fsp3) is 0.423. The first-order valence-corrected chi connectivity index (χ1v) is 11.6. The zero-order valence-electron chi connectivity index (χ0n) is 18.2. The van der Waals surface area contributed by atoms with Crippen LogP contribution in [0, 0.1) is 17.8 Å². The lowest BCUT2D eigenvalue weighted by molar-refractivity contribution is -0.139. The molecule has 1 heterocycles. The molecule has 3 fully saturated rings. The Morgan fingerprint density at radius 1 is 1.00 bits per heavy atom. The predicted molar refractivity (Wildman–Crippen MR) is 119 cm³/mol. The van der Waals surface area contributed by atoms with E-state index in [9.17, 15) is 19.5 Å². The Labute approximate surface area is 191 Å². The number of hydrogen-bond acceptors (Lipinski definition) is 4. The molecule has 2 amide bonds. The number of benzene rings is 2. The molecule has 0 bridgehead atoms. The van der Waals surface area contributed by atoms with Gasteiger partial charge in [-0.2, -0.15) is 0 Å². The third kappa shape index (κ3) is 3.29. The van der Waals surface area contributed by atoms with Gasteiger partial charge >= 0.3 is 12.1 Å². The van der Waals surface area contributed by atoms with Gasteiger partial charge in [-0.1, -0.05) is 48.5 Å². The van der Waals surface area contributed by atoms with Gasteiger partial charge in [0.1, 0.15) is 12.1 Å². The molecule has 7 heteroatoms. The number of carbonyl (C=O) groups is 3. The van der Waals surface area contributed by atoms with Crippen molar-refractivity contribution in [3.05, 3.63) is 59.7 Å². The minimum absolute atomic E-state index is 0.0316. The number of hydrogen-bond donors (Lipinski definition) is 2. The third-order valence-corrected chi connectivity index (χ3v) is 7.91. The summed E-state index contributed by atoms with van der Waals surface area (Å²) in [6.45, 7) is 1.23. The Balaban J connectivity index is 1.09. The fourth-order valence-electron chi connectivity index (χ4n) is 5.94. The van der Waals surface area contributed by atoms with Crippen LogP contribution in [0.2, 0.25) is 0 Å². The highest BCUT2D eigenvalue weighted by molar-refractivity contribution is 5.93. The number of nitrogens with one attached hydrogen (secondary N) is 1. The first kappa shape index (κ1) is 20.3. The van der Waals surface area contributed by atoms with Crippen molar-refractivity contribution in [2.24, 2.45) is 17.8 Å². The molecule has 6 rings (SSSR count). The zero-order valence-corrected chi connectivity index (χ0v) is 18.2. The molecule has 7 nitrogen and oxygen atoms in total. The van der Waals surface area contributed by atoms with E-state index in [4.69, 9.17) is 4.74 Å². The van der Waals surface area contributed by atoms with E-state index < -0.39 is 17.6 Å². The van der Waals surface area contributed by atoms with Crippen molar-refractivity contribution in [1.29, 1.82) is 0 Å². The lowest BCUT2D eigenvalue weighted by Gasteiger charge is -2.30. The summed E-state index contributed by atoms with van der Waals surface area (Å²) in [7, 11) is 0. The summed E-state index contributed by atoms with van der Waals surface area (Å²) >= 11 is 0. The standard InChI is InChI=1S/C26H26N2O5/c29-23(30)22-19-9-12-28(13-20(19)22)24(31)26(10-11-26)27-25(32)33-14-21-17-7-3-1-5-15(17)16-6-2-4-8-18(16)21/h1-8,19-22H,9-14H2,(H,27,32)(H,29,30). The monoisotopic (exact) mass is 446 g/mol. The summed E-state index contributed by atoms with van der Waals surface area (Å²) in [5, 5.41) is 12.1. The Morgan fingerprint density at radius 3 is 2.24 bits per heavy atom. The maximum Gasteiger partial charge on any atom is 0.408 e. The number of alkyl carbamates (subject to hydrolysis) is 1. The SMILES string of the molecule is O=C(NC1(C(=O)N2CCC3C(C2)C3C(=O)O)CC1)OCC1c2ccccc2-c2ccccc21. The largest absolute Gasteiger partial charge is 0.481 e. The van der Waals surface area contributed by atoms with Gasteiger partial charge in [-0.05, 0) is 53.4 Å². The van der Waals surface area contributed by atoms with Crippen LogP contribution < -0.4 is 5.32 Å². The number of aliphatic carboxylic acids is 1. The average molecular weight is 447 g/mol. The molecule has 33 heavy (non-hydrogen) atoms. The second-order valence-electron chi connectivity index (χ2n) is 9.76. The van der Waals surface area contributed by atoms with Gasteiger partial charge in [0.25, 0.3) is 0 Å². The highest BCUT2D eigenvalue weighted by atomic mass is 16.5. The third-order valence-electron chi connectivity index (χ3n) is 7.91. The number of rotatable bonds is 5. The molecule has 2 N–H and O–H groups in total. The van der Waals surface area contributed by atoms with E-state index in [1.807, 2.05) is 24.3 Å². The Morgan fingerprint density at radius 2 is 1.64 bits per heavy atom. The van der Waals surface area contributed by atoms with Gasteiger partial charge in [-0.3, -0.25) is 9.59 Å². The number of carbonyl (C=O) groups excluding carboxylic acids is 2. The first-order valence-electron chi connectivity index (χ1n) is 11.6. The van der Waals surface area contributed by atoms with Gasteiger partial charge < -0.3 is 20.1 Å². The smallest absolute Gasteiger partial charge is 0.408 e. The van der Waals surface area contributed by atoms with Crippen molar-refractivity contribution < 1.29 is 24.2 Å². The van der Waals surface area contributed by atoms with Crippen LogP contribution in [0.25, 0.3) is 11.1 Å². The number of ether oxygens (including phenoxy) is 1. The molecule has 1 aliphatic heterocycles. The number of piperidine rings is 1. The van der Waals surface area contributed by atoms with E-state index >= 15 is 0 Å². The van der Waals surface area contributed by atoms with Crippen LogP contribution in [0.5, 0.6) is 0 Å². The zero-order chi connectivity index (χ0) is 22.7. The average Bonchev–Trinajstić information content (AvgIpc) is 3.73. The number of carboxylic acids is 1. The minimum Gasteiger partial charge on any atom is -0.481 e. The fourth-order valence-corrected chi connectivity index (χ4v) is 5.94. The number of amides is 2. The van der Waals surface area contributed by atoms with Crippen LogP contribution >= 0.6 is 0 Å². The summed E-state index contributed by atoms with van der Waals surface area (Å²) in [4.78, 5) is 38.9. The predicted octanol–water partition coefficient (Wildman–Crippen LogP) is 3.24. The number of fused-ring (bicyclic) bond motifs is 4. The first-order chi connectivity index (χ1) is 16.0. The summed E-state index contributed by atoms with van der Waals surface area (Å²) < 4.78 is 5.63. The van der Waals surface area contributed by atoms with E-state index in [0.717, 1.165) is 11.1 Å². The topological polar surface area (TPSA) is 95.9 Å². The summed E-state index contributed by atoms with van der Waals surface area (Å²) in [5.74, 6) is -0.992. The normalized spacial score (nSPS) is 25.9. The Hall–Kier alpha value is -3.35. The molecule has 1 saturated heterocycles. The van der Waals surface area contributed by atoms with E-state index in [0.29, 0.717) is 32.4 Å². The quantitative estimate of drug-likeness (QED) is 0.735.